The number of anilines is 1. The summed E-state index contributed by atoms with van der Waals surface area (Å²) >= 11 is 7.44. The Morgan fingerprint density at radius 1 is 1.24 bits per heavy atom. The predicted molar refractivity (Wildman–Crippen MR) is 130 cm³/mol. The Morgan fingerprint density at radius 3 is 2.82 bits per heavy atom. The largest absolute Gasteiger partial charge is 0.466 e. The molecule has 1 fully saturated rings. The number of likely N-dealkylation sites (tertiary alicyclic amines) is 1. The standard InChI is InChI=1S/C25H25ClN2O4S/c1-3-32-25(31)18-7-5-11-28(15-18)23(29)17-9-10-21-20(14-17)27(2)24(30)22(33-21)13-16-6-4-8-19(26)12-16/h4,6,8-10,12-14,18H,3,5,7,11,15H2,1-2H3/b22-13-. The van der Waals surface area contributed by atoms with Gasteiger partial charge in [0, 0.05) is 35.6 Å². The number of carbonyl (C=O) groups excluding carboxylic acids is 3. The molecule has 0 bridgehead atoms. The number of hydrogen-bond acceptors (Lipinski definition) is 5. The second kappa shape index (κ2) is 10.0. The SMILES string of the molecule is CCOC(=O)C1CCCN(C(=O)c2ccc3c(c2)N(C)C(=O)/C(=C/c2cccc(Cl)c2)S3)C1. The van der Waals surface area contributed by atoms with Crippen molar-refractivity contribution in [3.63, 3.8) is 0 Å². The zero-order valence-corrected chi connectivity index (χ0v) is 20.1. The average molecular weight is 485 g/mol. The first kappa shape index (κ1) is 23.4. The Kier molecular flexibility index (Phi) is 7.10. The molecule has 8 heteroatoms. The summed E-state index contributed by atoms with van der Waals surface area (Å²) in [5, 5.41) is 0.609. The Bertz CT molecular complexity index is 1130. The van der Waals surface area contributed by atoms with Crippen molar-refractivity contribution in [2.45, 2.75) is 24.7 Å². The summed E-state index contributed by atoms with van der Waals surface area (Å²) < 4.78 is 5.14. The van der Waals surface area contributed by atoms with E-state index >= 15 is 0 Å². The zero-order chi connectivity index (χ0) is 23.5. The lowest BCUT2D eigenvalue weighted by Gasteiger charge is -2.32. The van der Waals surface area contributed by atoms with Gasteiger partial charge in [-0.3, -0.25) is 14.4 Å². The van der Waals surface area contributed by atoms with Crippen LogP contribution in [0.3, 0.4) is 0 Å². The highest BCUT2D eigenvalue weighted by Crippen LogP contribution is 2.42. The van der Waals surface area contributed by atoms with Crippen LogP contribution in [0, 0.1) is 5.92 Å². The second-order valence-electron chi connectivity index (χ2n) is 8.05. The number of fused-ring (bicyclic) bond motifs is 1. The molecule has 172 valence electrons. The molecule has 2 heterocycles. The van der Waals surface area contributed by atoms with Crippen molar-refractivity contribution in [2.24, 2.45) is 5.92 Å². The first-order valence-electron chi connectivity index (χ1n) is 10.9. The van der Waals surface area contributed by atoms with Crippen LogP contribution in [0.1, 0.15) is 35.7 Å². The highest BCUT2D eigenvalue weighted by molar-refractivity contribution is 8.04. The molecular formula is C25H25ClN2O4S. The molecule has 4 rings (SSSR count). The Hall–Kier alpha value is -2.77. The number of carbonyl (C=O) groups is 3. The van der Waals surface area contributed by atoms with Gasteiger partial charge in [0.15, 0.2) is 0 Å². The highest BCUT2D eigenvalue weighted by atomic mass is 35.5. The molecule has 2 aliphatic rings. The van der Waals surface area contributed by atoms with E-state index in [1.807, 2.05) is 30.3 Å². The third-order valence-electron chi connectivity index (χ3n) is 5.78. The average Bonchev–Trinajstić information content (AvgIpc) is 2.82. The molecule has 2 aliphatic heterocycles. The number of benzene rings is 2. The number of amides is 2. The third kappa shape index (κ3) is 5.09. The van der Waals surface area contributed by atoms with Crippen LogP contribution in [-0.4, -0.2) is 49.4 Å². The van der Waals surface area contributed by atoms with E-state index < -0.39 is 0 Å². The molecule has 6 nitrogen and oxygen atoms in total. The zero-order valence-electron chi connectivity index (χ0n) is 18.5. The predicted octanol–water partition coefficient (Wildman–Crippen LogP) is 4.86. The van der Waals surface area contributed by atoms with Gasteiger partial charge in [0.05, 0.1) is 23.1 Å². The Balaban J connectivity index is 1.55. The van der Waals surface area contributed by atoms with Crippen LogP contribution in [0.4, 0.5) is 5.69 Å². The maximum atomic E-state index is 13.2. The summed E-state index contributed by atoms with van der Waals surface area (Å²) in [5.74, 6) is -0.823. The van der Waals surface area contributed by atoms with Crippen molar-refractivity contribution in [3.8, 4) is 0 Å². The molecule has 1 saturated heterocycles. The van der Waals surface area contributed by atoms with E-state index in [4.69, 9.17) is 16.3 Å². The summed E-state index contributed by atoms with van der Waals surface area (Å²) in [7, 11) is 1.71. The fraction of sp³-hybridized carbons (Fsp3) is 0.320. The second-order valence-corrected chi connectivity index (χ2v) is 9.57. The molecule has 0 spiro atoms. The summed E-state index contributed by atoms with van der Waals surface area (Å²) in [4.78, 5) is 43.1. The minimum atomic E-state index is -0.292. The van der Waals surface area contributed by atoms with Crippen LogP contribution in [-0.2, 0) is 14.3 Å². The number of halogens is 1. The van der Waals surface area contributed by atoms with E-state index in [1.54, 1.807) is 42.0 Å². The van der Waals surface area contributed by atoms with Gasteiger partial charge in [-0.15, -0.1) is 0 Å². The summed E-state index contributed by atoms with van der Waals surface area (Å²) in [6.45, 7) is 3.06. The van der Waals surface area contributed by atoms with E-state index in [9.17, 15) is 14.4 Å². The van der Waals surface area contributed by atoms with Crippen molar-refractivity contribution < 1.29 is 19.1 Å². The van der Waals surface area contributed by atoms with E-state index in [-0.39, 0.29) is 23.7 Å². The molecule has 1 atom stereocenters. The number of nitrogens with zero attached hydrogens (tertiary/aromatic N) is 2. The maximum absolute atomic E-state index is 13.2. The summed E-state index contributed by atoms with van der Waals surface area (Å²) in [5.41, 5.74) is 2.04. The van der Waals surface area contributed by atoms with Crippen molar-refractivity contribution in [1.82, 2.24) is 4.90 Å². The van der Waals surface area contributed by atoms with Gasteiger partial charge >= 0.3 is 5.97 Å². The topological polar surface area (TPSA) is 66.9 Å². The fourth-order valence-electron chi connectivity index (χ4n) is 4.07. The normalized spacial score (nSPS) is 19.4. The van der Waals surface area contributed by atoms with Crippen LogP contribution in [0.15, 0.2) is 52.3 Å². The first-order valence-corrected chi connectivity index (χ1v) is 12.1. The molecule has 2 amide bonds. The first-order chi connectivity index (χ1) is 15.9. The van der Waals surface area contributed by atoms with Gasteiger partial charge in [0.25, 0.3) is 11.8 Å². The Morgan fingerprint density at radius 2 is 2.06 bits per heavy atom. The van der Waals surface area contributed by atoms with Gasteiger partial charge in [-0.05, 0) is 61.7 Å². The van der Waals surface area contributed by atoms with E-state index in [2.05, 4.69) is 0 Å². The number of rotatable bonds is 4. The molecule has 0 saturated carbocycles. The van der Waals surface area contributed by atoms with Crippen molar-refractivity contribution >= 4 is 52.9 Å². The lowest BCUT2D eigenvalue weighted by Crippen LogP contribution is -2.43. The van der Waals surface area contributed by atoms with Crippen LogP contribution in [0.2, 0.25) is 5.02 Å². The lowest BCUT2D eigenvalue weighted by atomic mass is 9.97. The van der Waals surface area contributed by atoms with Gasteiger partial charge < -0.3 is 14.5 Å². The molecule has 0 radical (unpaired) electrons. The van der Waals surface area contributed by atoms with Crippen LogP contribution in [0.5, 0.6) is 0 Å². The smallest absolute Gasteiger partial charge is 0.310 e. The molecular weight excluding hydrogens is 460 g/mol. The minimum absolute atomic E-state index is 0.141. The number of esters is 1. The summed E-state index contributed by atoms with van der Waals surface area (Å²) in [6.07, 6.45) is 3.30. The lowest BCUT2D eigenvalue weighted by molar-refractivity contribution is -0.149. The van der Waals surface area contributed by atoms with E-state index in [1.165, 1.54) is 11.8 Å². The minimum Gasteiger partial charge on any atom is -0.466 e. The van der Waals surface area contributed by atoms with Crippen LogP contribution >= 0.6 is 23.4 Å². The van der Waals surface area contributed by atoms with E-state index in [0.29, 0.717) is 40.9 Å². The van der Waals surface area contributed by atoms with Gasteiger partial charge in [-0.1, -0.05) is 35.5 Å². The number of hydrogen-bond donors (Lipinski definition) is 0. The van der Waals surface area contributed by atoms with Crippen LogP contribution < -0.4 is 4.90 Å². The molecule has 1 unspecified atom stereocenters. The van der Waals surface area contributed by atoms with Crippen LogP contribution in [0.25, 0.3) is 6.08 Å². The van der Waals surface area contributed by atoms with Crippen molar-refractivity contribution in [3.05, 3.63) is 63.5 Å². The molecule has 2 aromatic rings. The van der Waals surface area contributed by atoms with Crippen molar-refractivity contribution in [1.29, 1.82) is 0 Å². The molecule has 2 aromatic carbocycles. The quantitative estimate of drug-likeness (QED) is 0.457. The Labute approximate surface area is 202 Å². The molecule has 33 heavy (non-hydrogen) atoms. The molecule has 0 aromatic heterocycles. The van der Waals surface area contributed by atoms with Gasteiger partial charge in [0.2, 0.25) is 0 Å². The number of ether oxygens (including phenoxy) is 1. The summed E-state index contributed by atoms with van der Waals surface area (Å²) in [6, 6.07) is 12.7. The van der Waals surface area contributed by atoms with Gasteiger partial charge in [-0.2, -0.15) is 0 Å². The van der Waals surface area contributed by atoms with Crippen molar-refractivity contribution in [2.75, 3.05) is 31.6 Å². The number of piperidine rings is 1. The molecule has 0 aliphatic carbocycles. The number of thioether (sulfide) groups is 1. The maximum Gasteiger partial charge on any atom is 0.310 e. The van der Waals surface area contributed by atoms with Gasteiger partial charge in [-0.25, -0.2) is 0 Å². The monoisotopic (exact) mass is 484 g/mol. The van der Waals surface area contributed by atoms with E-state index in [0.717, 1.165) is 23.3 Å². The third-order valence-corrected chi connectivity index (χ3v) is 7.09. The molecule has 0 N–H and O–H groups in total. The van der Waals surface area contributed by atoms with Gasteiger partial charge in [0.1, 0.15) is 0 Å². The highest BCUT2D eigenvalue weighted by Gasteiger charge is 2.31. The number of likely N-dealkylation sites (N-methyl/N-ethyl adjacent to an activating group) is 1. The fourth-order valence-corrected chi connectivity index (χ4v) is 5.36.